The molecule has 0 aliphatic heterocycles. The van der Waals surface area contributed by atoms with Gasteiger partial charge in [0.15, 0.2) is 0 Å². The first-order chi connectivity index (χ1) is 5.95. The van der Waals surface area contributed by atoms with Crippen LogP contribution in [0, 0.1) is 5.92 Å². The minimum absolute atomic E-state index is 0.0236. The van der Waals surface area contributed by atoms with Crippen LogP contribution in [0.5, 0.6) is 0 Å². The van der Waals surface area contributed by atoms with Crippen LogP contribution in [0.2, 0.25) is 0 Å². The van der Waals surface area contributed by atoms with Gasteiger partial charge in [0.05, 0.1) is 12.5 Å². The summed E-state index contributed by atoms with van der Waals surface area (Å²) < 4.78 is 0. The molecule has 0 aromatic carbocycles. The molecule has 0 aromatic rings. The molecular formula is C9H19NO3. The first kappa shape index (κ1) is 12.4. The van der Waals surface area contributed by atoms with Gasteiger partial charge in [0.1, 0.15) is 0 Å². The molecule has 0 heterocycles. The van der Waals surface area contributed by atoms with E-state index in [9.17, 15) is 4.79 Å². The van der Waals surface area contributed by atoms with E-state index in [1.807, 2.05) is 13.8 Å². The Morgan fingerprint density at radius 2 is 2.15 bits per heavy atom. The summed E-state index contributed by atoms with van der Waals surface area (Å²) in [5, 5.41) is 20.7. The summed E-state index contributed by atoms with van der Waals surface area (Å²) >= 11 is 0. The van der Waals surface area contributed by atoms with Crippen LogP contribution in [0.1, 0.15) is 27.2 Å². The van der Waals surface area contributed by atoms with Crippen molar-refractivity contribution < 1.29 is 15.0 Å². The largest absolute Gasteiger partial charge is 0.481 e. The van der Waals surface area contributed by atoms with Gasteiger partial charge in [0.25, 0.3) is 0 Å². The molecule has 4 heteroatoms. The number of aliphatic hydroxyl groups is 1. The molecule has 0 saturated heterocycles. The Balaban J connectivity index is 3.92. The van der Waals surface area contributed by atoms with E-state index in [0.29, 0.717) is 6.54 Å². The third-order valence-corrected chi connectivity index (χ3v) is 2.39. The van der Waals surface area contributed by atoms with Crippen molar-refractivity contribution in [3.8, 4) is 0 Å². The zero-order valence-corrected chi connectivity index (χ0v) is 8.50. The number of hydrogen-bond donors (Lipinski definition) is 3. The molecule has 4 nitrogen and oxygen atoms in total. The fraction of sp³-hybridized carbons (Fsp3) is 0.889. The van der Waals surface area contributed by atoms with Gasteiger partial charge >= 0.3 is 5.97 Å². The Bertz CT molecular complexity index is 166. The van der Waals surface area contributed by atoms with Crippen LogP contribution < -0.4 is 5.32 Å². The number of aliphatic carboxylic acids is 1. The zero-order chi connectivity index (χ0) is 10.5. The molecule has 0 fully saturated rings. The molecule has 0 spiro atoms. The number of nitrogens with one attached hydrogen (secondary N) is 1. The maximum Gasteiger partial charge on any atom is 0.307 e. The molecule has 0 aromatic heterocycles. The highest BCUT2D eigenvalue weighted by molar-refractivity contribution is 5.69. The van der Waals surface area contributed by atoms with E-state index in [-0.39, 0.29) is 12.1 Å². The van der Waals surface area contributed by atoms with Gasteiger partial charge in [-0.3, -0.25) is 4.79 Å². The van der Waals surface area contributed by atoms with Crippen molar-refractivity contribution in [3.63, 3.8) is 0 Å². The van der Waals surface area contributed by atoms with Crippen LogP contribution >= 0.6 is 0 Å². The van der Waals surface area contributed by atoms with Crippen molar-refractivity contribution in [3.05, 3.63) is 0 Å². The van der Waals surface area contributed by atoms with E-state index in [4.69, 9.17) is 10.2 Å². The molecule has 0 radical (unpaired) electrons. The summed E-state index contributed by atoms with van der Waals surface area (Å²) in [7, 11) is 0. The molecule has 3 N–H and O–H groups in total. The summed E-state index contributed by atoms with van der Waals surface area (Å²) in [6.07, 6.45) is 0.774. The van der Waals surface area contributed by atoms with Crippen LogP contribution in [0.15, 0.2) is 0 Å². The molecular weight excluding hydrogens is 170 g/mol. The van der Waals surface area contributed by atoms with Gasteiger partial charge in [-0.2, -0.15) is 0 Å². The summed E-state index contributed by atoms with van der Waals surface area (Å²) in [4.78, 5) is 10.5. The summed E-state index contributed by atoms with van der Waals surface area (Å²) in [5.74, 6) is -1.23. The fourth-order valence-electron chi connectivity index (χ4n) is 0.780. The number of aliphatic hydroxyl groups excluding tert-OH is 1. The van der Waals surface area contributed by atoms with Crippen molar-refractivity contribution in [2.75, 3.05) is 13.2 Å². The van der Waals surface area contributed by atoms with Gasteiger partial charge < -0.3 is 15.5 Å². The Morgan fingerprint density at radius 3 is 2.46 bits per heavy atom. The number of rotatable bonds is 6. The van der Waals surface area contributed by atoms with Crippen molar-refractivity contribution >= 4 is 5.97 Å². The summed E-state index contributed by atoms with van der Waals surface area (Å²) in [6.45, 7) is 5.88. The Morgan fingerprint density at radius 1 is 1.62 bits per heavy atom. The molecule has 13 heavy (non-hydrogen) atoms. The molecule has 0 rings (SSSR count). The minimum atomic E-state index is -0.816. The first-order valence-electron chi connectivity index (χ1n) is 4.54. The predicted octanol–water partition coefficient (Wildman–Crippen LogP) is 0.458. The van der Waals surface area contributed by atoms with Gasteiger partial charge in [-0.1, -0.05) is 13.8 Å². The zero-order valence-electron chi connectivity index (χ0n) is 8.50. The van der Waals surface area contributed by atoms with E-state index < -0.39 is 11.9 Å². The van der Waals surface area contributed by atoms with Gasteiger partial charge in [-0.05, 0) is 13.3 Å². The second-order valence-corrected chi connectivity index (χ2v) is 3.69. The normalized spacial score (nSPS) is 17.8. The highest BCUT2D eigenvalue weighted by Crippen LogP contribution is 2.08. The monoisotopic (exact) mass is 189 g/mol. The van der Waals surface area contributed by atoms with E-state index in [1.54, 1.807) is 6.92 Å². The Labute approximate surface area is 79.0 Å². The van der Waals surface area contributed by atoms with Crippen molar-refractivity contribution in [1.82, 2.24) is 5.32 Å². The number of carbonyl (C=O) groups is 1. The lowest BCUT2D eigenvalue weighted by Gasteiger charge is -2.28. The molecule has 2 atom stereocenters. The van der Waals surface area contributed by atoms with Crippen molar-refractivity contribution in [2.24, 2.45) is 5.92 Å². The van der Waals surface area contributed by atoms with E-state index >= 15 is 0 Å². The van der Waals surface area contributed by atoms with Crippen LogP contribution in [-0.2, 0) is 4.79 Å². The van der Waals surface area contributed by atoms with Gasteiger partial charge in [0.2, 0.25) is 0 Å². The smallest absolute Gasteiger partial charge is 0.307 e. The third-order valence-electron chi connectivity index (χ3n) is 2.39. The van der Waals surface area contributed by atoms with E-state index in [2.05, 4.69) is 5.32 Å². The second kappa shape index (κ2) is 5.19. The van der Waals surface area contributed by atoms with Crippen molar-refractivity contribution in [1.29, 1.82) is 0 Å². The summed E-state index contributed by atoms with van der Waals surface area (Å²) in [5.41, 5.74) is -0.357. The van der Waals surface area contributed by atoms with Gasteiger partial charge in [-0.25, -0.2) is 0 Å². The van der Waals surface area contributed by atoms with Crippen LogP contribution in [0.4, 0.5) is 0 Å². The molecule has 0 saturated carbocycles. The molecule has 0 bridgehead atoms. The number of carboxylic acid groups (broad SMARTS) is 1. The molecule has 0 aliphatic rings. The van der Waals surface area contributed by atoms with E-state index in [1.165, 1.54) is 0 Å². The van der Waals surface area contributed by atoms with Gasteiger partial charge in [-0.15, -0.1) is 0 Å². The molecule has 0 aliphatic carbocycles. The lowest BCUT2D eigenvalue weighted by atomic mass is 9.99. The molecule has 2 unspecified atom stereocenters. The lowest BCUT2D eigenvalue weighted by molar-refractivity contribution is -0.141. The topological polar surface area (TPSA) is 69.6 Å². The maximum atomic E-state index is 10.5. The Kier molecular flexibility index (Phi) is 4.95. The quantitative estimate of drug-likeness (QED) is 0.567. The SMILES string of the molecule is CCC(C)(CO)NCC(C)C(=O)O. The standard InChI is InChI=1S/C9H19NO3/c1-4-9(3,6-11)10-5-7(2)8(12)13/h7,10-11H,4-6H2,1-3H3,(H,12,13). The average Bonchev–Trinajstić information content (AvgIpc) is 2.13. The van der Waals surface area contributed by atoms with Crippen molar-refractivity contribution in [2.45, 2.75) is 32.7 Å². The van der Waals surface area contributed by atoms with Crippen LogP contribution in [0.3, 0.4) is 0 Å². The highest BCUT2D eigenvalue weighted by atomic mass is 16.4. The lowest BCUT2D eigenvalue weighted by Crippen LogP contribution is -2.47. The third kappa shape index (κ3) is 4.24. The van der Waals surface area contributed by atoms with Gasteiger partial charge in [0, 0.05) is 12.1 Å². The number of carboxylic acids is 1. The molecule has 0 amide bonds. The van der Waals surface area contributed by atoms with E-state index in [0.717, 1.165) is 6.42 Å². The second-order valence-electron chi connectivity index (χ2n) is 3.69. The molecule has 78 valence electrons. The number of hydrogen-bond acceptors (Lipinski definition) is 3. The Hall–Kier alpha value is -0.610. The fourth-order valence-corrected chi connectivity index (χ4v) is 0.780. The maximum absolute atomic E-state index is 10.5. The highest BCUT2D eigenvalue weighted by Gasteiger charge is 2.22. The first-order valence-corrected chi connectivity index (χ1v) is 4.54. The minimum Gasteiger partial charge on any atom is -0.481 e. The van der Waals surface area contributed by atoms with Crippen LogP contribution in [0.25, 0.3) is 0 Å². The van der Waals surface area contributed by atoms with Crippen LogP contribution in [-0.4, -0.2) is 34.9 Å². The average molecular weight is 189 g/mol. The summed E-state index contributed by atoms with van der Waals surface area (Å²) in [6, 6.07) is 0. The predicted molar refractivity (Wildman–Crippen MR) is 50.6 cm³/mol.